The topological polar surface area (TPSA) is 89.1 Å². The van der Waals surface area contributed by atoms with Crippen LogP contribution in [0.5, 0.6) is 0 Å². The Morgan fingerprint density at radius 1 is 1.31 bits per heavy atom. The average molecular weight is 358 g/mol. The minimum Gasteiger partial charge on any atom is -0.352 e. The summed E-state index contributed by atoms with van der Waals surface area (Å²) in [5.41, 5.74) is 6.76. The van der Waals surface area contributed by atoms with E-state index in [-0.39, 0.29) is 5.82 Å². The molecular formula is C18H23FN6O. The number of carbonyl (C=O) groups excluding carboxylic acids is 1. The minimum atomic E-state index is -0.568. The first-order chi connectivity index (χ1) is 12.6. The van der Waals surface area contributed by atoms with E-state index in [1.165, 1.54) is 12.1 Å². The van der Waals surface area contributed by atoms with Gasteiger partial charge in [0.15, 0.2) is 0 Å². The van der Waals surface area contributed by atoms with E-state index in [1.807, 2.05) is 17.0 Å². The molecule has 8 heteroatoms. The van der Waals surface area contributed by atoms with E-state index in [1.54, 1.807) is 12.1 Å². The zero-order chi connectivity index (χ0) is 18.4. The van der Waals surface area contributed by atoms with Gasteiger partial charge in [-0.2, -0.15) is 0 Å². The standard InChI is InChI=1S/C18H23FN6O/c19-15-5-3-14(4-6-15)2-1-9-24-10-7-17(8-11-24)25-13-16(22-23-25)12-21-18(20)26/h1-6,13,17H,7-12H2,(H3,20,21,26)/b2-1+. The second-order valence-electron chi connectivity index (χ2n) is 6.39. The van der Waals surface area contributed by atoms with Gasteiger partial charge in [-0.25, -0.2) is 13.9 Å². The molecule has 0 saturated carbocycles. The van der Waals surface area contributed by atoms with Gasteiger partial charge in [0.2, 0.25) is 0 Å². The number of amides is 2. The van der Waals surface area contributed by atoms with E-state index in [0.717, 1.165) is 38.0 Å². The van der Waals surface area contributed by atoms with Crippen LogP contribution >= 0.6 is 0 Å². The van der Waals surface area contributed by atoms with Crippen molar-refractivity contribution in [1.29, 1.82) is 0 Å². The highest BCUT2D eigenvalue weighted by atomic mass is 19.1. The lowest BCUT2D eigenvalue weighted by molar-refractivity contribution is 0.194. The molecule has 1 aromatic carbocycles. The summed E-state index contributed by atoms with van der Waals surface area (Å²) in [7, 11) is 0. The largest absolute Gasteiger partial charge is 0.352 e. The zero-order valence-corrected chi connectivity index (χ0v) is 14.5. The van der Waals surface area contributed by atoms with E-state index < -0.39 is 6.03 Å². The molecule has 0 radical (unpaired) electrons. The Labute approximate surface area is 151 Å². The van der Waals surface area contributed by atoms with E-state index in [4.69, 9.17) is 5.73 Å². The number of primary amides is 1. The van der Waals surface area contributed by atoms with E-state index >= 15 is 0 Å². The molecule has 0 spiro atoms. The van der Waals surface area contributed by atoms with Crippen LogP contribution in [0.25, 0.3) is 6.08 Å². The van der Waals surface area contributed by atoms with Gasteiger partial charge in [-0.1, -0.05) is 29.5 Å². The number of aromatic nitrogens is 3. The third-order valence-electron chi connectivity index (χ3n) is 4.48. The third kappa shape index (κ3) is 5.13. The van der Waals surface area contributed by atoms with Crippen LogP contribution in [-0.4, -0.2) is 45.6 Å². The van der Waals surface area contributed by atoms with Crippen molar-refractivity contribution < 1.29 is 9.18 Å². The highest BCUT2D eigenvalue weighted by molar-refractivity contribution is 5.71. The van der Waals surface area contributed by atoms with Crippen LogP contribution in [0.15, 0.2) is 36.5 Å². The maximum atomic E-state index is 12.9. The Kier molecular flexibility index (Phi) is 5.96. The van der Waals surface area contributed by atoms with Crippen molar-refractivity contribution in [2.24, 2.45) is 5.73 Å². The number of nitrogens with zero attached hydrogens (tertiary/aromatic N) is 4. The molecule has 2 aromatic rings. The van der Waals surface area contributed by atoms with Crippen LogP contribution in [0.1, 0.15) is 30.1 Å². The monoisotopic (exact) mass is 358 g/mol. The van der Waals surface area contributed by atoms with Crippen molar-refractivity contribution in [2.45, 2.75) is 25.4 Å². The van der Waals surface area contributed by atoms with Crippen molar-refractivity contribution in [1.82, 2.24) is 25.2 Å². The Morgan fingerprint density at radius 2 is 2.04 bits per heavy atom. The van der Waals surface area contributed by atoms with Gasteiger partial charge in [-0.05, 0) is 30.5 Å². The molecule has 138 valence electrons. The lowest BCUT2D eigenvalue weighted by Gasteiger charge is -2.30. The Morgan fingerprint density at radius 3 is 2.73 bits per heavy atom. The predicted molar refractivity (Wildman–Crippen MR) is 96.6 cm³/mol. The maximum Gasteiger partial charge on any atom is 0.312 e. The van der Waals surface area contributed by atoms with Crippen LogP contribution in [0, 0.1) is 5.82 Å². The van der Waals surface area contributed by atoms with Crippen molar-refractivity contribution in [3.05, 3.63) is 53.6 Å². The van der Waals surface area contributed by atoms with E-state index in [0.29, 0.717) is 18.3 Å². The normalized spacial score (nSPS) is 16.2. The molecule has 1 fully saturated rings. The van der Waals surface area contributed by atoms with Gasteiger partial charge in [0.1, 0.15) is 11.5 Å². The van der Waals surface area contributed by atoms with Crippen molar-refractivity contribution in [3.8, 4) is 0 Å². The fraction of sp³-hybridized carbons (Fsp3) is 0.389. The Bertz CT molecular complexity index is 749. The summed E-state index contributed by atoms with van der Waals surface area (Å²) in [6, 6.07) is 6.23. The summed E-state index contributed by atoms with van der Waals surface area (Å²) in [6.07, 6.45) is 7.98. The fourth-order valence-electron chi connectivity index (χ4n) is 3.03. The molecule has 0 aliphatic carbocycles. The number of hydrogen-bond acceptors (Lipinski definition) is 4. The molecule has 1 saturated heterocycles. The molecule has 26 heavy (non-hydrogen) atoms. The number of halogens is 1. The van der Waals surface area contributed by atoms with Gasteiger partial charge in [0, 0.05) is 19.6 Å². The minimum absolute atomic E-state index is 0.217. The smallest absolute Gasteiger partial charge is 0.312 e. The third-order valence-corrected chi connectivity index (χ3v) is 4.48. The number of benzene rings is 1. The number of urea groups is 1. The lowest BCUT2D eigenvalue weighted by atomic mass is 10.1. The first-order valence-corrected chi connectivity index (χ1v) is 8.68. The molecule has 7 nitrogen and oxygen atoms in total. The second-order valence-corrected chi connectivity index (χ2v) is 6.39. The quantitative estimate of drug-likeness (QED) is 0.826. The summed E-state index contributed by atoms with van der Waals surface area (Å²) in [5, 5.41) is 10.7. The Balaban J connectivity index is 1.44. The summed E-state index contributed by atoms with van der Waals surface area (Å²) >= 11 is 0. The number of hydrogen-bond donors (Lipinski definition) is 2. The molecule has 2 amide bonds. The zero-order valence-electron chi connectivity index (χ0n) is 14.5. The SMILES string of the molecule is NC(=O)NCc1cn(C2CCN(C/C=C/c3ccc(F)cc3)CC2)nn1. The number of nitrogens with two attached hydrogens (primary N) is 1. The highest BCUT2D eigenvalue weighted by Crippen LogP contribution is 2.21. The van der Waals surface area contributed by atoms with Gasteiger partial charge in [0.05, 0.1) is 18.8 Å². The summed E-state index contributed by atoms with van der Waals surface area (Å²) < 4.78 is 14.8. The lowest BCUT2D eigenvalue weighted by Crippen LogP contribution is -2.34. The van der Waals surface area contributed by atoms with Gasteiger partial charge in [-0.15, -0.1) is 5.10 Å². The molecule has 0 unspecified atom stereocenters. The van der Waals surface area contributed by atoms with Crippen molar-refractivity contribution in [2.75, 3.05) is 19.6 Å². The molecule has 0 atom stereocenters. The molecule has 1 aromatic heterocycles. The maximum absolute atomic E-state index is 12.9. The van der Waals surface area contributed by atoms with Gasteiger partial charge in [0.25, 0.3) is 0 Å². The van der Waals surface area contributed by atoms with E-state index in [2.05, 4.69) is 26.6 Å². The summed E-state index contributed by atoms with van der Waals surface area (Å²) in [5.74, 6) is -0.217. The predicted octanol–water partition coefficient (Wildman–Crippen LogP) is 1.94. The molecule has 2 heterocycles. The van der Waals surface area contributed by atoms with Crippen molar-refractivity contribution >= 4 is 12.1 Å². The first-order valence-electron chi connectivity index (χ1n) is 8.68. The van der Waals surface area contributed by atoms with Crippen LogP contribution in [0.4, 0.5) is 9.18 Å². The molecule has 0 bridgehead atoms. The molecule has 1 aliphatic rings. The number of nitrogens with one attached hydrogen (secondary N) is 1. The molecule has 3 N–H and O–H groups in total. The number of likely N-dealkylation sites (tertiary alicyclic amines) is 1. The van der Waals surface area contributed by atoms with E-state index in [9.17, 15) is 9.18 Å². The van der Waals surface area contributed by atoms with Crippen LogP contribution < -0.4 is 11.1 Å². The summed E-state index contributed by atoms with van der Waals surface area (Å²) in [4.78, 5) is 13.1. The number of piperidine rings is 1. The highest BCUT2D eigenvalue weighted by Gasteiger charge is 2.20. The first kappa shape index (κ1) is 18.1. The number of carbonyl (C=O) groups is 1. The Hall–Kier alpha value is -2.74. The van der Waals surface area contributed by atoms with Crippen LogP contribution in [0.3, 0.4) is 0 Å². The molecule has 1 aliphatic heterocycles. The fourth-order valence-corrected chi connectivity index (χ4v) is 3.03. The molecule has 3 rings (SSSR count). The van der Waals surface area contributed by atoms with Gasteiger partial charge in [-0.3, -0.25) is 4.90 Å². The van der Waals surface area contributed by atoms with Crippen LogP contribution in [-0.2, 0) is 6.54 Å². The summed E-state index contributed by atoms with van der Waals surface area (Å²) in [6.45, 7) is 3.12. The average Bonchev–Trinajstić information content (AvgIpc) is 3.11. The van der Waals surface area contributed by atoms with Crippen molar-refractivity contribution in [3.63, 3.8) is 0 Å². The van der Waals surface area contributed by atoms with Crippen LogP contribution in [0.2, 0.25) is 0 Å². The number of rotatable bonds is 6. The molecular weight excluding hydrogens is 335 g/mol. The second kappa shape index (κ2) is 8.57. The van der Waals surface area contributed by atoms with Gasteiger partial charge < -0.3 is 11.1 Å². The van der Waals surface area contributed by atoms with Gasteiger partial charge >= 0.3 is 6.03 Å².